The van der Waals surface area contributed by atoms with Gasteiger partial charge in [0.1, 0.15) is 0 Å². The van der Waals surface area contributed by atoms with Gasteiger partial charge in [-0.3, -0.25) is 9.63 Å². The SMILES string of the molecule is O=C(c1ccc(Cl)nn1)N1CCCCO1. The third kappa shape index (κ3) is 2.43. The molecule has 2 heterocycles. The molecule has 80 valence electrons. The molecule has 15 heavy (non-hydrogen) atoms. The summed E-state index contributed by atoms with van der Waals surface area (Å²) in [5.74, 6) is -0.265. The van der Waals surface area contributed by atoms with E-state index in [-0.39, 0.29) is 16.8 Å². The molecular formula is C9H10ClN3O2. The lowest BCUT2D eigenvalue weighted by atomic mass is 10.3. The largest absolute Gasteiger partial charge is 0.297 e. The van der Waals surface area contributed by atoms with Gasteiger partial charge in [-0.15, -0.1) is 10.2 Å². The quantitative estimate of drug-likeness (QED) is 0.726. The highest BCUT2D eigenvalue weighted by molar-refractivity contribution is 6.29. The molecule has 1 aliphatic heterocycles. The van der Waals surface area contributed by atoms with Gasteiger partial charge in [-0.25, -0.2) is 5.06 Å². The van der Waals surface area contributed by atoms with Gasteiger partial charge in [0, 0.05) is 6.54 Å². The molecule has 0 aromatic carbocycles. The molecule has 0 radical (unpaired) electrons. The van der Waals surface area contributed by atoms with Crippen molar-refractivity contribution in [2.45, 2.75) is 12.8 Å². The fourth-order valence-corrected chi connectivity index (χ4v) is 1.42. The van der Waals surface area contributed by atoms with E-state index in [2.05, 4.69) is 10.2 Å². The fraction of sp³-hybridized carbons (Fsp3) is 0.444. The van der Waals surface area contributed by atoms with Crippen molar-refractivity contribution in [3.63, 3.8) is 0 Å². The van der Waals surface area contributed by atoms with Crippen LogP contribution in [-0.4, -0.2) is 34.3 Å². The van der Waals surface area contributed by atoms with E-state index in [0.29, 0.717) is 13.2 Å². The van der Waals surface area contributed by atoms with Gasteiger partial charge in [-0.2, -0.15) is 0 Å². The van der Waals surface area contributed by atoms with Crippen molar-refractivity contribution in [2.24, 2.45) is 0 Å². The Balaban J connectivity index is 2.09. The maximum Gasteiger partial charge on any atom is 0.297 e. The van der Waals surface area contributed by atoms with Crippen LogP contribution < -0.4 is 0 Å². The second-order valence-electron chi connectivity index (χ2n) is 3.19. The first kappa shape index (κ1) is 10.3. The van der Waals surface area contributed by atoms with Crippen LogP contribution in [0.4, 0.5) is 0 Å². The zero-order valence-corrected chi connectivity index (χ0v) is 8.78. The van der Waals surface area contributed by atoms with Crippen LogP contribution in [0, 0.1) is 0 Å². The van der Waals surface area contributed by atoms with Gasteiger partial charge in [0.25, 0.3) is 5.91 Å². The van der Waals surface area contributed by atoms with Crippen molar-refractivity contribution < 1.29 is 9.63 Å². The van der Waals surface area contributed by atoms with E-state index < -0.39 is 0 Å². The van der Waals surface area contributed by atoms with Crippen LogP contribution in [0.25, 0.3) is 0 Å². The summed E-state index contributed by atoms with van der Waals surface area (Å²) in [5, 5.41) is 8.90. The van der Waals surface area contributed by atoms with Gasteiger partial charge in [0.2, 0.25) is 0 Å². The van der Waals surface area contributed by atoms with Crippen LogP contribution >= 0.6 is 11.6 Å². The topological polar surface area (TPSA) is 55.3 Å². The third-order valence-corrected chi connectivity index (χ3v) is 2.28. The molecule has 0 atom stereocenters. The minimum atomic E-state index is -0.265. The number of rotatable bonds is 1. The first-order valence-electron chi connectivity index (χ1n) is 4.71. The minimum absolute atomic E-state index is 0.251. The summed E-state index contributed by atoms with van der Waals surface area (Å²) in [6.07, 6.45) is 1.93. The molecule has 1 aromatic rings. The summed E-state index contributed by atoms with van der Waals surface area (Å²) in [6, 6.07) is 3.07. The zero-order chi connectivity index (χ0) is 10.7. The molecule has 0 spiro atoms. The Morgan fingerprint density at radius 3 is 2.87 bits per heavy atom. The smallest absolute Gasteiger partial charge is 0.271 e. The predicted molar refractivity (Wildman–Crippen MR) is 53.3 cm³/mol. The van der Waals surface area contributed by atoms with Gasteiger partial charge in [0.15, 0.2) is 10.8 Å². The molecule has 0 N–H and O–H groups in total. The number of carbonyl (C=O) groups excluding carboxylic acids is 1. The van der Waals surface area contributed by atoms with E-state index in [4.69, 9.17) is 16.4 Å². The Bertz CT molecular complexity index is 349. The van der Waals surface area contributed by atoms with Crippen molar-refractivity contribution in [1.29, 1.82) is 0 Å². The molecule has 1 aromatic heterocycles. The molecule has 2 rings (SSSR count). The second-order valence-corrected chi connectivity index (χ2v) is 3.58. The molecule has 0 saturated carbocycles. The van der Waals surface area contributed by atoms with Crippen LogP contribution in [0.5, 0.6) is 0 Å². The molecule has 0 unspecified atom stereocenters. The number of hydrogen-bond donors (Lipinski definition) is 0. The van der Waals surface area contributed by atoms with E-state index in [0.717, 1.165) is 12.8 Å². The van der Waals surface area contributed by atoms with E-state index in [1.165, 1.54) is 17.2 Å². The zero-order valence-electron chi connectivity index (χ0n) is 8.02. The molecule has 1 aliphatic rings. The molecule has 1 saturated heterocycles. The molecule has 1 fully saturated rings. The Hall–Kier alpha value is -1.20. The van der Waals surface area contributed by atoms with Gasteiger partial charge >= 0.3 is 0 Å². The summed E-state index contributed by atoms with van der Waals surface area (Å²) in [7, 11) is 0. The molecule has 0 aliphatic carbocycles. The third-order valence-electron chi connectivity index (χ3n) is 2.08. The van der Waals surface area contributed by atoms with E-state index in [9.17, 15) is 4.79 Å². The van der Waals surface area contributed by atoms with Gasteiger partial charge < -0.3 is 0 Å². The minimum Gasteiger partial charge on any atom is -0.271 e. The van der Waals surface area contributed by atoms with Crippen LogP contribution in [-0.2, 0) is 4.84 Å². The molecule has 0 bridgehead atoms. The number of aromatic nitrogens is 2. The summed E-state index contributed by atoms with van der Waals surface area (Å²) >= 11 is 5.57. The average Bonchev–Trinajstić information content (AvgIpc) is 2.30. The lowest BCUT2D eigenvalue weighted by Gasteiger charge is -2.25. The summed E-state index contributed by atoms with van der Waals surface area (Å²) in [5.41, 5.74) is 0.251. The van der Waals surface area contributed by atoms with E-state index in [1.807, 2.05) is 0 Å². The molecule has 5 nitrogen and oxygen atoms in total. The Kier molecular flexibility index (Phi) is 3.13. The first-order chi connectivity index (χ1) is 7.27. The second kappa shape index (κ2) is 4.55. The average molecular weight is 228 g/mol. The monoisotopic (exact) mass is 227 g/mol. The van der Waals surface area contributed by atoms with Crippen LogP contribution in [0.15, 0.2) is 12.1 Å². The number of hydrogen-bond acceptors (Lipinski definition) is 4. The maximum atomic E-state index is 11.8. The van der Waals surface area contributed by atoms with Crippen LogP contribution in [0.2, 0.25) is 5.15 Å². The number of hydroxylamine groups is 2. The fourth-order valence-electron chi connectivity index (χ4n) is 1.31. The maximum absolute atomic E-state index is 11.8. The van der Waals surface area contributed by atoms with Crippen molar-refractivity contribution in [1.82, 2.24) is 15.3 Å². The number of carbonyl (C=O) groups is 1. The summed E-state index contributed by atoms with van der Waals surface area (Å²) in [6.45, 7) is 1.18. The molecular weight excluding hydrogens is 218 g/mol. The lowest BCUT2D eigenvalue weighted by molar-refractivity contribution is -0.144. The lowest BCUT2D eigenvalue weighted by Crippen LogP contribution is -2.36. The number of amides is 1. The highest BCUT2D eigenvalue weighted by Crippen LogP contribution is 2.10. The highest BCUT2D eigenvalue weighted by atomic mass is 35.5. The van der Waals surface area contributed by atoms with Gasteiger partial charge in [-0.1, -0.05) is 11.6 Å². The normalized spacial score (nSPS) is 16.5. The number of nitrogens with zero attached hydrogens (tertiary/aromatic N) is 3. The molecule has 6 heteroatoms. The van der Waals surface area contributed by atoms with Crippen molar-refractivity contribution in [2.75, 3.05) is 13.2 Å². The Labute approximate surface area is 92.0 Å². The van der Waals surface area contributed by atoms with Crippen LogP contribution in [0.3, 0.4) is 0 Å². The van der Waals surface area contributed by atoms with Crippen LogP contribution in [0.1, 0.15) is 23.3 Å². The van der Waals surface area contributed by atoms with Crippen molar-refractivity contribution in [3.8, 4) is 0 Å². The summed E-state index contributed by atoms with van der Waals surface area (Å²) < 4.78 is 0. The number of halogens is 1. The highest BCUT2D eigenvalue weighted by Gasteiger charge is 2.20. The molecule has 1 amide bonds. The summed E-state index contributed by atoms with van der Waals surface area (Å²) in [4.78, 5) is 17.0. The van der Waals surface area contributed by atoms with Gasteiger partial charge in [-0.05, 0) is 25.0 Å². The van der Waals surface area contributed by atoms with E-state index >= 15 is 0 Å². The van der Waals surface area contributed by atoms with Crippen molar-refractivity contribution >= 4 is 17.5 Å². The Morgan fingerprint density at radius 1 is 1.40 bits per heavy atom. The standard InChI is InChI=1S/C9H10ClN3O2/c10-8-4-3-7(11-12-8)9(14)13-5-1-2-6-15-13/h3-4H,1-2,5-6H2. The van der Waals surface area contributed by atoms with E-state index in [1.54, 1.807) is 0 Å². The predicted octanol–water partition coefficient (Wildman–Crippen LogP) is 1.30. The van der Waals surface area contributed by atoms with Crippen molar-refractivity contribution in [3.05, 3.63) is 23.0 Å². The van der Waals surface area contributed by atoms with Gasteiger partial charge in [0.05, 0.1) is 6.61 Å². The Morgan fingerprint density at radius 2 is 2.27 bits per heavy atom. The first-order valence-corrected chi connectivity index (χ1v) is 5.09.